The number of tetrazole rings is 1. The van der Waals surface area contributed by atoms with Crippen LogP contribution in [0.2, 0.25) is 0 Å². The van der Waals surface area contributed by atoms with Gasteiger partial charge in [0.2, 0.25) is 17.7 Å². The first-order valence-corrected chi connectivity index (χ1v) is 9.97. The van der Waals surface area contributed by atoms with Gasteiger partial charge in [-0.05, 0) is 35.8 Å². The highest BCUT2D eigenvalue weighted by molar-refractivity contribution is 5.82. The third kappa shape index (κ3) is 3.83. The maximum absolute atomic E-state index is 13.6. The zero-order valence-corrected chi connectivity index (χ0v) is 16.5. The number of aromatic amines is 1. The number of nitrogens with one attached hydrogen (secondary N) is 1. The summed E-state index contributed by atoms with van der Waals surface area (Å²) in [5, 5.41) is 19.6. The van der Waals surface area contributed by atoms with E-state index in [9.17, 15) is 9.18 Å². The lowest BCUT2D eigenvalue weighted by molar-refractivity contribution is -0.138. The average Bonchev–Trinajstić information content (AvgIpc) is 3.51. The summed E-state index contributed by atoms with van der Waals surface area (Å²) in [4.78, 5) is 27.9. The number of halogens is 1. The predicted molar refractivity (Wildman–Crippen MR) is 107 cm³/mol. The molecular weight excluding hydrogens is 403 g/mol. The summed E-state index contributed by atoms with van der Waals surface area (Å²) < 4.78 is 13.6. The van der Waals surface area contributed by atoms with Crippen molar-refractivity contribution in [2.75, 3.05) is 18.0 Å². The largest absolute Gasteiger partial charge is 0.341 e. The maximum Gasteiger partial charge on any atom is 0.246 e. The van der Waals surface area contributed by atoms with E-state index in [0.29, 0.717) is 55.4 Å². The lowest BCUT2D eigenvalue weighted by Gasteiger charge is -2.33. The number of H-pyrrole nitrogens is 1. The van der Waals surface area contributed by atoms with Gasteiger partial charge >= 0.3 is 0 Å². The molecule has 0 saturated carbocycles. The normalized spacial score (nSPS) is 19.2. The van der Waals surface area contributed by atoms with Gasteiger partial charge in [-0.2, -0.15) is 10.3 Å². The third-order valence-electron chi connectivity index (χ3n) is 5.51. The van der Waals surface area contributed by atoms with Crippen LogP contribution in [0.25, 0.3) is 11.5 Å². The number of piperidine rings is 1. The Balaban J connectivity index is 1.25. The molecule has 158 valence electrons. The zero-order valence-electron chi connectivity index (χ0n) is 16.5. The van der Waals surface area contributed by atoms with Crippen molar-refractivity contribution in [1.82, 2.24) is 40.6 Å². The minimum absolute atomic E-state index is 0.0517. The molecular formula is C19H19FN10O. The van der Waals surface area contributed by atoms with Crippen molar-refractivity contribution in [3.8, 4) is 11.5 Å². The Bertz CT molecular complexity index is 1100. The van der Waals surface area contributed by atoms with Gasteiger partial charge in [0.05, 0.1) is 12.2 Å². The molecule has 0 aliphatic carbocycles. The van der Waals surface area contributed by atoms with Gasteiger partial charge in [0.25, 0.3) is 0 Å². The summed E-state index contributed by atoms with van der Waals surface area (Å²) >= 11 is 0. The van der Waals surface area contributed by atoms with Crippen molar-refractivity contribution in [2.45, 2.75) is 25.3 Å². The highest BCUT2D eigenvalue weighted by atomic mass is 19.1. The van der Waals surface area contributed by atoms with Crippen LogP contribution in [0.1, 0.15) is 30.9 Å². The van der Waals surface area contributed by atoms with E-state index >= 15 is 0 Å². The van der Waals surface area contributed by atoms with E-state index in [0.717, 1.165) is 6.20 Å². The van der Waals surface area contributed by atoms with E-state index in [4.69, 9.17) is 0 Å². The number of pyridine rings is 1. The molecule has 1 saturated heterocycles. The minimum Gasteiger partial charge on any atom is -0.341 e. The Morgan fingerprint density at radius 1 is 1.23 bits per heavy atom. The van der Waals surface area contributed by atoms with Crippen LogP contribution in [-0.4, -0.2) is 65.8 Å². The molecule has 3 aromatic rings. The molecule has 1 unspecified atom stereocenters. The highest BCUT2D eigenvalue weighted by Crippen LogP contribution is 2.32. The molecule has 1 N–H and O–H groups in total. The molecule has 2 aliphatic heterocycles. The lowest BCUT2D eigenvalue weighted by Crippen LogP contribution is -2.41. The Morgan fingerprint density at radius 2 is 2.10 bits per heavy atom. The number of rotatable bonds is 4. The highest BCUT2D eigenvalue weighted by Gasteiger charge is 2.35. The van der Waals surface area contributed by atoms with E-state index in [1.807, 2.05) is 4.90 Å². The number of carbonyl (C=O) groups is 1. The van der Waals surface area contributed by atoms with Gasteiger partial charge in [-0.15, -0.1) is 10.2 Å². The molecule has 5 heterocycles. The van der Waals surface area contributed by atoms with Crippen LogP contribution in [-0.2, 0) is 4.79 Å². The van der Waals surface area contributed by atoms with Crippen LogP contribution in [0.4, 0.5) is 10.3 Å². The number of hydrazone groups is 1. The number of amides is 1. The van der Waals surface area contributed by atoms with Crippen LogP contribution < -0.4 is 4.90 Å². The van der Waals surface area contributed by atoms with Crippen molar-refractivity contribution < 1.29 is 9.18 Å². The van der Waals surface area contributed by atoms with E-state index in [1.54, 1.807) is 24.7 Å². The smallest absolute Gasteiger partial charge is 0.246 e. The second-order valence-corrected chi connectivity index (χ2v) is 7.41. The number of anilines is 1. The molecule has 2 aliphatic rings. The molecule has 0 aromatic carbocycles. The average molecular weight is 422 g/mol. The number of carbonyl (C=O) groups excluding carboxylic acids is 1. The quantitative estimate of drug-likeness (QED) is 0.667. The van der Waals surface area contributed by atoms with Gasteiger partial charge in [-0.3, -0.25) is 9.78 Å². The fraction of sp³-hybridized carbons (Fsp3) is 0.368. The SMILES string of the molecule is O=C(C1CCN(c2nccc(-c3nn[nH]n3)n2)CC1)N1N=CCC1c1cncc(F)c1. The summed E-state index contributed by atoms with van der Waals surface area (Å²) in [5.41, 5.74) is 1.23. The summed E-state index contributed by atoms with van der Waals surface area (Å²) in [6.07, 6.45) is 7.92. The second kappa shape index (κ2) is 8.13. The fourth-order valence-electron chi connectivity index (χ4n) is 3.92. The molecule has 0 radical (unpaired) electrons. The van der Waals surface area contributed by atoms with E-state index in [1.165, 1.54) is 11.1 Å². The molecule has 3 aromatic heterocycles. The van der Waals surface area contributed by atoms with Crippen molar-refractivity contribution in [1.29, 1.82) is 0 Å². The number of nitrogens with zero attached hydrogens (tertiary/aromatic N) is 9. The molecule has 31 heavy (non-hydrogen) atoms. The first-order chi connectivity index (χ1) is 15.2. The van der Waals surface area contributed by atoms with Gasteiger partial charge in [-0.25, -0.2) is 19.4 Å². The minimum atomic E-state index is -0.423. The van der Waals surface area contributed by atoms with E-state index in [2.05, 4.69) is 40.7 Å². The summed E-state index contributed by atoms with van der Waals surface area (Å²) in [5.74, 6) is 0.322. The summed E-state index contributed by atoms with van der Waals surface area (Å²) in [7, 11) is 0. The Morgan fingerprint density at radius 3 is 2.87 bits per heavy atom. The third-order valence-corrected chi connectivity index (χ3v) is 5.51. The molecule has 1 atom stereocenters. The van der Waals surface area contributed by atoms with Crippen LogP contribution in [0, 0.1) is 11.7 Å². The van der Waals surface area contributed by atoms with Crippen LogP contribution in [0.5, 0.6) is 0 Å². The molecule has 0 bridgehead atoms. The maximum atomic E-state index is 13.6. The topological polar surface area (TPSA) is 129 Å². The molecule has 5 rings (SSSR count). The van der Waals surface area contributed by atoms with Crippen molar-refractivity contribution >= 4 is 18.1 Å². The summed E-state index contributed by atoms with van der Waals surface area (Å²) in [6.45, 7) is 1.27. The second-order valence-electron chi connectivity index (χ2n) is 7.41. The van der Waals surface area contributed by atoms with Gasteiger partial charge in [0.1, 0.15) is 11.5 Å². The van der Waals surface area contributed by atoms with Crippen LogP contribution in [0.15, 0.2) is 35.8 Å². The molecule has 1 amide bonds. The fourth-order valence-corrected chi connectivity index (χ4v) is 3.92. The molecule has 0 spiro atoms. The predicted octanol–water partition coefficient (Wildman–Crippen LogP) is 1.37. The first-order valence-electron chi connectivity index (χ1n) is 9.97. The van der Waals surface area contributed by atoms with E-state index in [-0.39, 0.29) is 17.9 Å². The number of hydrogen-bond acceptors (Lipinski definition) is 9. The summed E-state index contributed by atoms with van der Waals surface area (Å²) in [6, 6.07) is 2.81. The number of aromatic nitrogens is 7. The molecule has 1 fully saturated rings. The molecule has 11 nitrogen and oxygen atoms in total. The lowest BCUT2D eigenvalue weighted by atomic mass is 9.94. The van der Waals surface area contributed by atoms with Crippen molar-refractivity contribution in [3.63, 3.8) is 0 Å². The van der Waals surface area contributed by atoms with Crippen LogP contribution >= 0.6 is 0 Å². The monoisotopic (exact) mass is 422 g/mol. The standard InChI is InChI=1S/C19H19FN10O/c20-14-9-13(10-21-11-14)16-2-6-23-30(16)18(31)12-3-7-29(8-4-12)19-22-5-1-15(24-19)17-25-27-28-26-17/h1,5-6,9-12,16H,2-4,7-8H2,(H,25,26,27,28). The van der Waals surface area contributed by atoms with Gasteiger partial charge in [-0.1, -0.05) is 0 Å². The van der Waals surface area contributed by atoms with Crippen molar-refractivity contribution in [3.05, 3.63) is 42.1 Å². The molecule has 12 heteroatoms. The van der Waals surface area contributed by atoms with Crippen LogP contribution in [0.3, 0.4) is 0 Å². The van der Waals surface area contributed by atoms with Gasteiger partial charge < -0.3 is 4.90 Å². The van der Waals surface area contributed by atoms with E-state index < -0.39 is 5.82 Å². The Hall–Kier alpha value is -3.83. The zero-order chi connectivity index (χ0) is 21.2. The van der Waals surface area contributed by atoms with Gasteiger partial charge in [0, 0.05) is 44.0 Å². The number of hydrogen-bond donors (Lipinski definition) is 1. The Kier molecular flexibility index (Phi) is 5.02. The van der Waals surface area contributed by atoms with Crippen molar-refractivity contribution in [2.24, 2.45) is 11.0 Å². The first kappa shape index (κ1) is 19.2. The van der Waals surface area contributed by atoms with Gasteiger partial charge in [0.15, 0.2) is 0 Å². The Labute approximate surface area is 176 Å².